The average Bonchev–Trinajstić information content (AvgIpc) is 2.96. The molecule has 2 aromatic carbocycles. The Morgan fingerprint density at radius 2 is 1.86 bits per heavy atom. The monoisotopic (exact) mass is 298 g/mol. The molecule has 0 fully saturated rings. The van der Waals surface area contributed by atoms with E-state index in [0.717, 1.165) is 21.5 Å². The number of esters is 1. The Balaban J connectivity index is 1.97. The number of methoxy groups -OCH3 is 1. The maximum atomic E-state index is 12.1. The van der Waals surface area contributed by atoms with Gasteiger partial charge < -0.3 is 10.1 Å². The van der Waals surface area contributed by atoms with Gasteiger partial charge in [0.25, 0.3) is 0 Å². The summed E-state index contributed by atoms with van der Waals surface area (Å²) in [6.07, 6.45) is 0. The summed E-state index contributed by atoms with van der Waals surface area (Å²) in [5.74, 6) is -0.321. The van der Waals surface area contributed by atoms with E-state index in [4.69, 9.17) is 4.74 Å². The number of rotatable bonds is 4. The van der Waals surface area contributed by atoms with Crippen molar-refractivity contribution in [1.29, 1.82) is 0 Å². The topological polar surface area (TPSA) is 51.2 Å². The van der Waals surface area contributed by atoms with Gasteiger partial charge in [-0.2, -0.15) is 4.37 Å². The molecule has 0 bridgehead atoms. The molecule has 0 amide bonds. The molecular formula is C16H14N2O2S. The van der Waals surface area contributed by atoms with Crippen molar-refractivity contribution in [3.05, 3.63) is 60.2 Å². The molecule has 0 saturated carbocycles. The molecule has 1 atom stereocenters. The van der Waals surface area contributed by atoms with Crippen LogP contribution in [0.15, 0.2) is 54.6 Å². The number of ether oxygens (including phenoxy) is 1. The lowest BCUT2D eigenvalue weighted by atomic mass is 10.1. The van der Waals surface area contributed by atoms with Gasteiger partial charge in [-0.05, 0) is 29.2 Å². The molecule has 0 aliphatic rings. The van der Waals surface area contributed by atoms with E-state index in [1.165, 1.54) is 18.6 Å². The van der Waals surface area contributed by atoms with Crippen LogP contribution in [0, 0.1) is 0 Å². The van der Waals surface area contributed by atoms with E-state index in [0.29, 0.717) is 0 Å². The number of nitrogens with one attached hydrogen (secondary N) is 1. The molecule has 0 radical (unpaired) electrons. The fourth-order valence-electron chi connectivity index (χ4n) is 2.17. The summed E-state index contributed by atoms with van der Waals surface area (Å²) >= 11 is 1.34. The first-order chi connectivity index (χ1) is 10.3. The minimum absolute atomic E-state index is 0.321. The molecule has 0 aliphatic carbocycles. The van der Waals surface area contributed by atoms with E-state index in [1.54, 1.807) is 0 Å². The van der Waals surface area contributed by atoms with E-state index in [-0.39, 0.29) is 5.97 Å². The van der Waals surface area contributed by atoms with Crippen LogP contribution in [0.4, 0.5) is 5.00 Å². The Hall–Kier alpha value is -2.40. The predicted octanol–water partition coefficient (Wildman–Crippen LogP) is 3.62. The second-order valence-corrected chi connectivity index (χ2v) is 5.31. The highest BCUT2D eigenvalue weighted by Crippen LogP contribution is 2.31. The van der Waals surface area contributed by atoms with Gasteiger partial charge >= 0.3 is 5.97 Å². The molecule has 1 heterocycles. The van der Waals surface area contributed by atoms with Gasteiger partial charge in [0, 0.05) is 5.39 Å². The van der Waals surface area contributed by atoms with E-state index in [2.05, 4.69) is 9.69 Å². The van der Waals surface area contributed by atoms with Crippen molar-refractivity contribution in [1.82, 2.24) is 4.37 Å². The predicted molar refractivity (Wildman–Crippen MR) is 84.4 cm³/mol. The molecular weight excluding hydrogens is 284 g/mol. The molecule has 5 heteroatoms. The molecule has 21 heavy (non-hydrogen) atoms. The molecule has 1 aromatic heterocycles. The summed E-state index contributed by atoms with van der Waals surface area (Å²) in [4.78, 5) is 12.1. The fourth-order valence-corrected chi connectivity index (χ4v) is 2.96. The minimum Gasteiger partial charge on any atom is -0.467 e. The Kier molecular flexibility index (Phi) is 3.83. The summed E-state index contributed by atoms with van der Waals surface area (Å²) in [5.41, 5.74) is 1.78. The van der Waals surface area contributed by atoms with Crippen molar-refractivity contribution >= 4 is 33.4 Å². The fraction of sp³-hybridized carbons (Fsp3) is 0.125. The molecule has 3 aromatic rings. The highest BCUT2D eigenvalue weighted by molar-refractivity contribution is 7.11. The number of anilines is 1. The maximum Gasteiger partial charge on any atom is 0.333 e. The van der Waals surface area contributed by atoms with Gasteiger partial charge in [0.15, 0.2) is 6.04 Å². The Bertz CT molecular complexity index is 755. The van der Waals surface area contributed by atoms with Crippen molar-refractivity contribution in [3.8, 4) is 0 Å². The smallest absolute Gasteiger partial charge is 0.333 e. The molecule has 1 unspecified atom stereocenters. The first kappa shape index (κ1) is 13.6. The van der Waals surface area contributed by atoms with Crippen LogP contribution < -0.4 is 5.32 Å². The zero-order valence-electron chi connectivity index (χ0n) is 11.4. The molecule has 3 rings (SSSR count). The van der Waals surface area contributed by atoms with E-state index >= 15 is 0 Å². The van der Waals surface area contributed by atoms with Gasteiger partial charge in [-0.3, -0.25) is 0 Å². The third-order valence-corrected chi connectivity index (χ3v) is 4.04. The first-order valence-corrected chi connectivity index (χ1v) is 7.30. The molecule has 0 saturated heterocycles. The number of carbonyl (C=O) groups is 1. The maximum absolute atomic E-state index is 12.1. The van der Waals surface area contributed by atoms with Gasteiger partial charge in [-0.15, -0.1) is 0 Å². The van der Waals surface area contributed by atoms with Crippen molar-refractivity contribution < 1.29 is 9.53 Å². The second kappa shape index (κ2) is 5.93. The van der Waals surface area contributed by atoms with Crippen molar-refractivity contribution in [2.75, 3.05) is 12.4 Å². The summed E-state index contributed by atoms with van der Waals surface area (Å²) in [6.45, 7) is 0. The van der Waals surface area contributed by atoms with Crippen molar-refractivity contribution in [2.24, 2.45) is 0 Å². The molecule has 0 aliphatic heterocycles. The lowest BCUT2D eigenvalue weighted by molar-refractivity contribution is -0.141. The van der Waals surface area contributed by atoms with E-state index < -0.39 is 6.04 Å². The number of aromatic nitrogens is 1. The SMILES string of the molecule is COC(=O)C(Nc1snc2ccccc12)c1ccccc1. The number of hydrogen-bond acceptors (Lipinski definition) is 5. The summed E-state index contributed by atoms with van der Waals surface area (Å²) in [6, 6.07) is 16.8. The van der Waals surface area contributed by atoms with Crippen LogP contribution >= 0.6 is 11.5 Å². The molecule has 0 spiro atoms. The van der Waals surface area contributed by atoms with Crippen LogP contribution in [0.25, 0.3) is 10.9 Å². The average molecular weight is 298 g/mol. The molecule has 106 valence electrons. The number of benzene rings is 2. The number of fused-ring (bicyclic) bond motifs is 1. The summed E-state index contributed by atoms with van der Waals surface area (Å²) in [5, 5.41) is 5.12. The Morgan fingerprint density at radius 1 is 1.14 bits per heavy atom. The molecule has 1 N–H and O–H groups in total. The van der Waals surface area contributed by atoms with E-state index in [9.17, 15) is 4.79 Å². The lowest BCUT2D eigenvalue weighted by Crippen LogP contribution is -2.21. The van der Waals surface area contributed by atoms with Crippen LogP contribution in [-0.2, 0) is 9.53 Å². The van der Waals surface area contributed by atoms with Crippen LogP contribution in [-0.4, -0.2) is 17.5 Å². The van der Waals surface area contributed by atoms with Gasteiger partial charge in [0.05, 0.1) is 12.6 Å². The van der Waals surface area contributed by atoms with Crippen LogP contribution in [0.3, 0.4) is 0 Å². The number of nitrogens with zero attached hydrogens (tertiary/aromatic N) is 1. The quantitative estimate of drug-likeness (QED) is 0.747. The number of carbonyl (C=O) groups excluding carboxylic acids is 1. The lowest BCUT2D eigenvalue weighted by Gasteiger charge is -2.16. The number of hydrogen-bond donors (Lipinski definition) is 1. The standard InChI is InChI=1S/C16H14N2O2S/c1-20-16(19)14(11-7-3-2-4-8-11)17-15-12-9-5-6-10-13(12)18-21-15/h2-10,14,17H,1H3. The van der Waals surface area contributed by atoms with Gasteiger partial charge in [0.1, 0.15) is 5.00 Å². The summed E-state index contributed by atoms with van der Waals surface area (Å²) < 4.78 is 9.29. The van der Waals surface area contributed by atoms with Crippen molar-refractivity contribution in [3.63, 3.8) is 0 Å². The van der Waals surface area contributed by atoms with Crippen molar-refractivity contribution in [2.45, 2.75) is 6.04 Å². The Morgan fingerprint density at radius 3 is 2.62 bits per heavy atom. The minimum atomic E-state index is -0.542. The van der Waals surface area contributed by atoms with Gasteiger partial charge in [-0.1, -0.05) is 42.5 Å². The van der Waals surface area contributed by atoms with Gasteiger partial charge in [0.2, 0.25) is 0 Å². The highest BCUT2D eigenvalue weighted by Gasteiger charge is 2.22. The zero-order valence-corrected chi connectivity index (χ0v) is 12.3. The Labute approximate surface area is 126 Å². The largest absolute Gasteiger partial charge is 0.467 e. The second-order valence-electron chi connectivity index (χ2n) is 4.54. The van der Waals surface area contributed by atoms with Gasteiger partial charge in [-0.25, -0.2) is 4.79 Å². The summed E-state index contributed by atoms with van der Waals surface area (Å²) in [7, 11) is 1.39. The first-order valence-electron chi connectivity index (χ1n) is 6.53. The van der Waals surface area contributed by atoms with E-state index in [1.807, 2.05) is 54.6 Å². The highest BCUT2D eigenvalue weighted by atomic mass is 32.1. The third kappa shape index (κ3) is 2.73. The van der Waals surface area contributed by atoms with Crippen LogP contribution in [0.2, 0.25) is 0 Å². The van der Waals surface area contributed by atoms with Crippen LogP contribution in [0.1, 0.15) is 11.6 Å². The van der Waals surface area contributed by atoms with Crippen LogP contribution in [0.5, 0.6) is 0 Å². The zero-order chi connectivity index (χ0) is 14.7. The normalized spacial score (nSPS) is 12.0. The third-order valence-electron chi connectivity index (χ3n) is 3.23. The molecule has 4 nitrogen and oxygen atoms in total.